The van der Waals surface area contributed by atoms with Gasteiger partial charge in [0.1, 0.15) is 17.5 Å². The molecule has 4 nitrogen and oxygen atoms in total. The monoisotopic (exact) mass is 525 g/mol. The predicted molar refractivity (Wildman–Crippen MR) is 148 cm³/mol. The van der Waals surface area contributed by atoms with E-state index in [1.807, 2.05) is 24.4 Å². The zero-order valence-electron chi connectivity index (χ0n) is 22.0. The van der Waals surface area contributed by atoms with Crippen molar-refractivity contribution < 1.29 is 13.6 Å². The van der Waals surface area contributed by atoms with Gasteiger partial charge in [0, 0.05) is 18.2 Å². The van der Waals surface area contributed by atoms with Crippen LogP contribution in [0, 0.1) is 17.6 Å². The fraction of sp³-hybridized carbons (Fsp3) is 0.333. The summed E-state index contributed by atoms with van der Waals surface area (Å²) in [6.07, 6.45) is 9.19. The third-order valence-corrected chi connectivity index (χ3v) is 8.30. The highest BCUT2D eigenvalue weighted by atomic mass is 19.1. The van der Waals surface area contributed by atoms with Crippen LogP contribution in [-0.2, 0) is 19.4 Å². The Kier molecular flexibility index (Phi) is 7.27. The molecule has 1 saturated carbocycles. The molecule has 4 aromatic rings. The fourth-order valence-corrected chi connectivity index (χ4v) is 6.37. The fourth-order valence-electron chi connectivity index (χ4n) is 6.37. The number of fused-ring (bicyclic) bond motifs is 1. The second kappa shape index (κ2) is 11.1. The number of rotatable bonds is 7. The van der Waals surface area contributed by atoms with Crippen molar-refractivity contribution in [1.29, 1.82) is 0 Å². The Morgan fingerprint density at radius 2 is 1.59 bits per heavy atom. The first-order chi connectivity index (χ1) is 19.1. The molecule has 200 valence electrons. The largest absolute Gasteiger partial charge is 0.332 e. The first-order valence-electron chi connectivity index (χ1n) is 14.0. The van der Waals surface area contributed by atoms with Crippen molar-refractivity contribution in [2.75, 3.05) is 6.54 Å². The standard InChI is InChI=1S/C33H33F2N3O/c34-27-15-16-31(35)30(19-27)33(39)37(21-23-9-3-1-4-10-23)22-29-20-36-32(24-11-5-2-6-12-24)38(29)28-17-25-13-7-8-14-26(25)18-28/h2,5-8,11-16,19-20,23,28H,1,3-4,9-10,17-18,21-22H2. The Morgan fingerprint density at radius 1 is 0.897 bits per heavy atom. The van der Waals surface area contributed by atoms with Crippen molar-refractivity contribution in [1.82, 2.24) is 14.5 Å². The Morgan fingerprint density at radius 3 is 2.31 bits per heavy atom. The van der Waals surface area contributed by atoms with E-state index < -0.39 is 17.5 Å². The van der Waals surface area contributed by atoms with E-state index in [9.17, 15) is 13.6 Å². The Hall–Kier alpha value is -3.80. The molecule has 0 N–H and O–H groups in total. The number of carbonyl (C=O) groups is 1. The maximum Gasteiger partial charge on any atom is 0.257 e. The molecule has 0 bridgehead atoms. The molecule has 0 aliphatic heterocycles. The van der Waals surface area contributed by atoms with Gasteiger partial charge in [0.2, 0.25) is 0 Å². The summed E-state index contributed by atoms with van der Waals surface area (Å²) in [5, 5.41) is 0. The zero-order chi connectivity index (χ0) is 26.8. The van der Waals surface area contributed by atoms with Crippen LogP contribution < -0.4 is 0 Å². The van der Waals surface area contributed by atoms with Crippen LogP contribution in [0.15, 0.2) is 79.0 Å². The molecular weight excluding hydrogens is 492 g/mol. The molecule has 6 rings (SSSR count). The van der Waals surface area contributed by atoms with E-state index in [4.69, 9.17) is 4.98 Å². The smallest absolute Gasteiger partial charge is 0.257 e. The molecule has 39 heavy (non-hydrogen) atoms. The van der Waals surface area contributed by atoms with Crippen molar-refractivity contribution in [3.8, 4) is 11.4 Å². The molecule has 0 spiro atoms. The summed E-state index contributed by atoms with van der Waals surface area (Å²) in [7, 11) is 0. The molecule has 6 heteroatoms. The van der Waals surface area contributed by atoms with E-state index in [0.29, 0.717) is 12.5 Å². The number of nitrogens with zero attached hydrogens (tertiary/aromatic N) is 3. The van der Waals surface area contributed by atoms with Gasteiger partial charge in [0.25, 0.3) is 5.91 Å². The lowest BCUT2D eigenvalue weighted by Gasteiger charge is -2.31. The minimum atomic E-state index is -0.695. The lowest BCUT2D eigenvalue weighted by atomic mass is 9.88. The van der Waals surface area contributed by atoms with Crippen LogP contribution in [0.25, 0.3) is 11.4 Å². The van der Waals surface area contributed by atoms with Crippen LogP contribution in [0.5, 0.6) is 0 Å². The van der Waals surface area contributed by atoms with Crippen LogP contribution in [0.4, 0.5) is 8.78 Å². The molecule has 1 amide bonds. The second-order valence-corrected chi connectivity index (χ2v) is 11.0. The first kappa shape index (κ1) is 25.5. The van der Waals surface area contributed by atoms with Gasteiger partial charge in [-0.25, -0.2) is 13.8 Å². The van der Waals surface area contributed by atoms with E-state index in [1.54, 1.807) is 4.90 Å². The van der Waals surface area contributed by atoms with Gasteiger partial charge in [0.15, 0.2) is 0 Å². The van der Waals surface area contributed by atoms with Gasteiger partial charge >= 0.3 is 0 Å². The van der Waals surface area contributed by atoms with Crippen LogP contribution in [-0.4, -0.2) is 26.9 Å². The van der Waals surface area contributed by atoms with Gasteiger partial charge in [-0.3, -0.25) is 4.79 Å². The molecular formula is C33H33F2N3O. The van der Waals surface area contributed by atoms with Gasteiger partial charge in [-0.2, -0.15) is 0 Å². The maximum atomic E-state index is 14.8. The molecule has 0 unspecified atom stereocenters. The summed E-state index contributed by atoms with van der Waals surface area (Å²) in [4.78, 5) is 20.3. The van der Waals surface area contributed by atoms with Gasteiger partial charge in [0.05, 0.1) is 24.0 Å². The predicted octanol–water partition coefficient (Wildman–Crippen LogP) is 7.39. The number of carbonyl (C=O) groups excluding carboxylic acids is 1. The number of hydrogen-bond donors (Lipinski definition) is 0. The molecule has 1 fully saturated rings. The van der Waals surface area contributed by atoms with Crippen molar-refractivity contribution in [2.45, 2.75) is 57.5 Å². The molecule has 1 aromatic heterocycles. The molecule has 1 heterocycles. The summed E-state index contributed by atoms with van der Waals surface area (Å²) in [5.41, 5.74) is 4.37. The number of hydrogen-bond acceptors (Lipinski definition) is 2. The molecule has 0 radical (unpaired) electrons. The lowest BCUT2D eigenvalue weighted by molar-refractivity contribution is 0.0688. The number of amides is 1. The van der Waals surface area contributed by atoms with Crippen molar-refractivity contribution in [3.63, 3.8) is 0 Å². The molecule has 3 aromatic carbocycles. The number of benzene rings is 3. The quantitative estimate of drug-likeness (QED) is 0.252. The lowest BCUT2D eigenvalue weighted by Crippen LogP contribution is -2.37. The van der Waals surface area contributed by atoms with Crippen molar-refractivity contribution >= 4 is 5.91 Å². The molecule has 0 atom stereocenters. The highest BCUT2D eigenvalue weighted by Crippen LogP contribution is 2.35. The highest BCUT2D eigenvalue weighted by molar-refractivity contribution is 5.94. The van der Waals surface area contributed by atoms with Gasteiger partial charge in [-0.15, -0.1) is 0 Å². The molecule has 2 aliphatic rings. The average Bonchev–Trinajstić information content (AvgIpc) is 3.58. The SMILES string of the molecule is O=C(c1cc(F)ccc1F)N(Cc1cnc(-c2ccccc2)n1C1Cc2ccccc2C1)CC1CCCCC1. The summed E-state index contributed by atoms with van der Waals surface area (Å²) in [6, 6.07) is 21.9. The average molecular weight is 526 g/mol. The first-order valence-corrected chi connectivity index (χ1v) is 14.0. The third kappa shape index (κ3) is 5.38. The summed E-state index contributed by atoms with van der Waals surface area (Å²) in [5.74, 6) is -0.566. The number of imidazole rings is 1. The maximum absolute atomic E-state index is 14.8. The highest BCUT2D eigenvalue weighted by Gasteiger charge is 2.30. The zero-order valence-corrected chi connectivity index (χ0v) is 22.0. The van der Waals surface area contributed by atoms with Crippen LogP contribution in [0.1, 0.15) is 65.3 Å². The van der Waals surface area contributed by atoms with Crippen molar-refractivity contribution in [2.24, 2.45) is 5.92 Å². The Balaban J connectivity index is 1.38. The third-order valence-electron chi connectivity index (χ3n) is 8.30. The van der Waals surface area contributed by atoms with E-state index in [-0.39, 0.29) is 18.2 Å². The van der Waals surface area contributed by atoms with E-state index in [2.05, 4.69) is 41.0 Å². The number of aromatic nitrogens is 2. The summed E-state index contributed by atoms with van der Waals surface area (Å²) in [6.45, 7) is 0.809. The normalized spacial score (nSPS) is 15.8. The summed E-state index contributed by atoms with van der Waals surface area (Å²) < 4.78 is 31.1. The van der Waals surface area contributed by atoms with Gasteiger partial charge in [-0.05, 0) is 60.9 Å². The Bertz CT molecular complexity index is 1430. The van der Waals surface area contributed by atoms with Gasteiger partial charge in [-0.1, -0.05) is 73.9 Å². The van der Waals surface area contributed by atoms with E-state index >= 15 is 0 Å². The van der Waals surface area contributed by atoms with E-state index in [1.165, 1.54) is 17.5 Å². The van der Waals surface area contributed by atoms with Crippen LogP contribution >= 0.6 is 0 Å². The number of halogens is 2. The minimum absolute atomic E-state index is 0.160. The molecule has 2 aliphatic carbocycles. The van der Waals surface area contributed by atoms with E-state index in [0.717, 1.165) is 73.8 Å². The second-order valence-electron chi connectivity index (χ2n) is 11.0. The minimum Gasteiger partial charge on any atom is -0.332 e. The van der Waals surface area contributed by atoms with Crippen LogP contribution in [0.2, 0.25) is 0 Å². The topological polar surface area (TPSA) is 38.1 Å². The van der Waals surface area contributed by atoms with Gasteiger partial charge < -0.3 is 9.47 Å². The van der Waals surface area contributed by atoms with Crippen molar-refractivity contribution in [3.05, 3.63) is 113 Å². The Labute approximate surface area is 228 Å². The van der Waals surface area contributed by atoms with Crippen LogP contribution in [0.3, 0.4) is 0 Å². The summed E-state index contributed by atoms with van der Waals surface area (Å²) >= 11 is 0. The molecule has 0 saturated heterocycles.